The molecule has 108 valence electrons. The van der Waals surface area contributed by atoms with Crippen molar-refractivity contribution in [3.8, 4) is 0 Å². The number of amides is 1. The first-order valence-corrected chi connectivity index (χ1v) is 7.23. The number of carbonyl (C=O) groups is 1. The van der Waals surface area contributed by atoms with E-state index in [2.05, 4.69) is 9.89 Å². The Labute approximate surface area is 114 Å². The van der Waals surface area contributed by atoms with Gasteiger partial charge in [0.05, 0.1) is 6.54 Å². The van der Waals surface area contributed by atoms with Crippen LogP contribution in [0.25, 0.3) is 0 Å². The van der Waals surface area contributed by atoms with Gasteiger partial charge in [-0.2, -0.15) is 0 Å². The van der Waals surface area contributed by atoms with Gasteiger partial charge in [0.1, 0.15) is 0 Å². The number of hydrogen-bond donors (Lipinski definition) is 2. The van der Waals surface area contributed by atoms with Crippen molar-refractivity contribution in [2.45, 2.75) is 25.7 Å². The normalized spacial score (nSPS) is 21.6. The summed E-state index contributed by atoms with van der Waals surface area (Å²) < 4.78 is 0. The van der Waals surface area contributed by atoms with Crippen molar-refractivity contribution in [3.05, 3.63) is 0 Å². The Bertz CT molecular complexity index is 326. The molecular formula is C13H25N5O. The summed E-state index contributed by atoms with van der Waals surface area (Å²) in [7, 11) is 0. The first-order chi connectivity index (χ1) is 9.16. The third-order valence-electron chi connectivity index (χ3n) is 4.10. The first-order valence-electron chi connectivity index (χ1n) is 7.23. The van der Waals surface area contributed by atoms with Crippen LogP contribution in [-0.2, 0) is 4.79 Å². The molecule has 1 aliphatic carbocycles. The molecule has 1 saturated carbocycles. The number of nitrogens with two attached hydrogens (primary N) is 2. The fourth-order valence-electron chi connectivity index (χ4n) is 2.94. The summed E-state index contributed by atoms with van der Waals surface area (Å²) in [5.74, 6) is 0.824. The van der Waals surface area contributed by atoms with Gasteiger partial charge in [0.25, 0.3) is 0 Å². The number of aliphatic imine (C=N–C) groups is 1. The van der Waals surface area contributed by atoms with Crippen LogP contribution in [0.2, 0.25) is 0 Å². The lowest BCUT2D eigenvalue weighted by Crippen LogP contribution is -2.50. The molecule has 6 nitrogen and oxygen atoms in total. The van der Waals surface area contributed by atoms with Gasteiger partial charge in [-0.3, -0.25) is 14.7 Å². The second kappa shape index (κ2) is 6.75. The second-order valence-corrected chi connectivity index (χ2v) is 5.45. The zero-order chi connectivity index (χ0) is 13.7. The maximum atomic E-state index is 12.3. The second-order valence-electron chi connectivity index (χ2n) is 5.45. The lowest BCUT2D eigenvalue weighted by Gasteiger charge is -2.35. The molecule has 4 N–H and O–H groups in total. The van der Waals surface area contributed by atoms with Gasteiger partial charge in [-0.25, -0.2) is 0 Å². The van der Waals surface area contributed by atoms with Crippen molar-refractivity contribution in [2.24, 2.45) is 22.4 Å². The van der Waals surface area contributed by atoms with Crippen molar-refractivity contribution in [2.75, 3.05) is 39.3 Å². The molecule has 0 atom stereocenters. The average molecular weight is 267 g/mol. The van der Waals surface area contributed by atoms with Crippen LogP contribution in [0.3, 0.4) is 0 Å². The highest BCUT2D eigenvalue weighted by Gasteiger charge is 2.29. The molecule has 0 unspecified atom stereocenters. The van der Waals surface area contributed by atoms with E-state index in [1.54, 1.807) is 0 Å². The summed E-state index contributed by atoms with van der Waals surface area (Å²) in [5.41, 5.74) is 10.6. The van der Waals surface area contributed by atoms with Gasteiger partial charge in [-0.05, 0) is 12.8 Å². The lowest BCUT2D eigenvalue weighted by molar-refractivity contribution is -0.137. The molecule has 0 aromatic carbocycles. The number of nitrogens with zero attached hydrogens (tertiary/aromatic N) is 3. The van der Waals surface area contributed by atoms with E-state index in [0.717, 1.165) is 45.6 Å². The van der Waals surface area contributed by atoms with Crippen molar-refractivity contribution in [1.29, 1.82) is 0 Å². The van der Waals surface area contributed by atoms with E-state index in [9.17, 15) is 4.79 Å². The van der Waals surface area contributed by atoms with Crippen LogP contribution in [-0.4, -0.2) is 60.9 Å². The van der Waals surface area contributed by atoms with E-state index in [1.807, 2.05) is 4.90 Å². The third-order valence-corrected chi connectivity index (χ3v) is 4.10. The third kappa shape index (κ3) is 4.09. The van der Waals surface area contributed by atoms with E-state index < -0.39 is 0 Å². The minimum Gasteiger partial charge on any atom is -0.370 e. The van der Waals surface area contributed by atoms with E-state index in [4.69, 9.17) is 11.5 Å². The van der Waals surface area contributed by atoms with Gasteiger partial charge in [0, 0.05) is 38.6 Å². The van der Waals surface area contributed by atoms with E-state index in [0.29, 0.717) is 18.4 Å². The topological polar surface area (TPSA) is 87.9 Å². The van der Waals surface area contributed by atoms with Crippen LogP contribution < -0.4 is 11.5 Å². The number of carbonyl (C=O) groups excluding carboxylic acids is 1. The van der Waals surface area contributed by atoms with Crippen molar-refractivity contribution in [3.63, 3.8) is 0 Å². The van der Waals surface area contributed by atoms with E-state index >= 15 is 0 Å². The zero-order valence-corrected chi connectivity index (χ0v) is 11.6. The molecule has 0 aromatic rings. The SMILES string of the molecule is NC(N)=NCCN1CCN(C(=O)C2CCCC2)CC1. The molecule has 1 saturated heterocycles. The van der Waals surface area contributed by atoms with Gasteiger partial charge >= 0.3 is 0 Å². The Hall–Kier alpha value is -1.30. The molecule has 2 rings (SSSR count). The molecule has 0 radical (unpaired) electrons. The van der Waals surface area contributed by atoms with E-state index in [-0.39, 0.29) is 5.96 Å². The molecule has 2 fully saturated rings. The van der Waals surface area contributed by atoms with Gasteiger partial charge in [0.15, 0.2) is 5.96 Å². The molecule has 2 aliphatic rings. The molecule has 1 amide bonds. The zero-order valence-electron chi connectivity index (χ0n) is 11.6. The molecular weight excluding hydrogens is 242 g/mol. The van der Waals surface area contributed by atoms with Crippen molar-refractivity contribution in [1.82, 2.24) is 9.80 Å². The highest BCUT2D eigenvalue weighted by atomic mass is 16.2. The van der Waals surface area contributed by atoms with Crippen LogP contribution >= 0.6 is 0 Å². The highest BCUT2D eigenvalue weighted by Crippen LogP contribution is 2.26. The molecule has 1 aliphatic heterocycles. The van der Waals surface area contributed by atoms with Crippen molar-refractivity contribution < 1.29 is 4.79 Å². The molecule has 0 bridgehead atoms. The van der Waals surface area contributed by atoms with Crippen LogP contribution in [0.4, 0.5) is 0 Å². The van der Waals surface area contributed by atoms with Crippen LogP contribution in [0, 0.1) is 5.92 Å². The number of hydrogen-bond acceptors (Lipinski definition) is 3. The minimum atomic E-state index is 0.148. The van der Waals surface area contributed by atoms with E-state index in [1.165, 1.54) is 12.8 Å². The predicted octanol–water partition coefficient (Wildman–Crippen LogP) is -0.406. The lowest BCUT2D eigenvalue weighted by atomic mass is 10.1. The van der Waals surface area contributed by atoms with Gasteiger partial charge in [-0.15, -0.1) is 0 Å². The Morgan fingerprint density at radius 1 is 1.11 bits per heavy atom. The largest absolute Gasteiger partial charge is 0.370 e. The van der Waals surface area contributed by atoms with Crippen LogP contribution in [0.15, 0.2) is 4.99 Å². The molecule has 19 heavy (non-hydrogen) atoms. The minimum absolute atomic E-state index is 0.148. The van der Waals surface area contributed by atoms with Gasteiger partial charge in [-0.1, -0.05) is 12.8 Å². The molecule has 6 heteroatoms. The monoisotopic (exact) mass is 267 g/mol. The van der Waals surface area contributed by atoms with Gasteiger partial charge < -0.3 is 16.4 Å². The highest BCUT2D eigenvalue weighted by molar-refractivity contribution is 5.79. The fraction of sp³-hybridized carbons (Fsp3) is 0.846. The number of piperazine rings is 1. The number of rotatable bonds is 4. The molecule has 1 heterocycles. The summed E-state index contributed by atoms with van der Waals surface area (Å²) in [4.78, 5) is 20.6. The smallest absolute Gasteiger partial charge is 0.225 e. The van der Waals surface area contributed by atoms with Crippen LogP contribution in [0.1, 0.15) is 25.7 Å². The Kier molecular flexibility index (Phi) is 5.01. The summed E-state index contributed by atoms with van der Waals surface area (Å²) in [5, 5.41) is 0. The van der Waals surface area contributed by atoms with Crippen molar-refractivity contribution >= 4 is 11.9 Å². The number of guanidine groups is 1. The average Bonchev–Trinajstić information content (AvgIpc) is 2.92. The molecule has 0 spiro atoms. The predicted molar refractivity (Wildman–Crippen MR) is 75.7 cm³/mol. The van der Waals surface area contributed by atoms with Crippen LogP contribution in [0.5, 0.6) is 0 Å². The quantitative estimate of drug-likeness (QED) is 0.535. The summed E-state index contributed by atoms with van der Waals surface area (Å²) >= 11 is 0. The fourth-order valence-corrected chi connectivity index (χ4v) is 2.94. The Balaban J connectivity index is 1.69. The molecule has 0 aromatic heterocycles. The van der Waals surface area contributed by atoms with Gasteiger partial charge in [0.2, 0.25) is 5.91 Å². The standard InChI is InChI=1S/C13H25N5O/c14-13(15)16-5-6-17-7-9-18(10-8-17)12(19)11-3-1-2-4-11/h11H,1-10H2,(H4,14,15,16). The maximum absolute atomic E-state index is 12.3. The Morgan fingerprint density at radius 2 is 1.74 bits per heavy atom. The maximum Gasteiger partial charge on any atom is 0.225 e. The summed E-state index contributed by atoms with van der Waals surface area (Å²) in [6, 6.07) is 0. The summed E-state index contributed by atoms with van der Waals surface area (Å²) in [6.07, 6.45) is 4.61. The first kappa shape index (κ1) is 14.1. The summed E-state index contributed by atoms with van der Waals surface area (Å²) in [6.45, 7) is 5.05. The Morgan fingerprint density at radius 3 is 2.32 bits per heavy atom.